The van der Waals surface area contributed by atoms with Gasteiger partial charge < -0.3 is 5.11 Å². The third kappa shape index (κ3) is 3.19. The van der Waals surface area contributed by atoms with E-state index in [0.717, 1.165) is 11.3 Å². The van der Waals surface area contributed by atoms with Gasteiger partial charge in [-0.2, -0.15) is 0 Å². The Morgan fingerprint density at radius 1 is 1.53 bits per heavy atom. The van der Waals surface area contributed by atoms with Crippen molar-refractivity contribution in [3.05, 3.63) is 51.3 Å². The van der Waals surface area contributed by atoms with E-state index in [1.54, 1.807) is 16.9 Å². The summed E-state index contributed by atoms with van der Waals surface area (Å²) in [6.45, 7) is 6.16. The van der Waals surface area contributed by atoms with Crippen LogP contribution >= 0.6 is 23.6 Å². The van der Waals surface area contributed by atoms with E-state index in [-0.39, 0.29) is 5.88 Å². The zero-order valence-electron chi connectivity index (χ0n) is 10.5. The molecule has 0 amide bonds. The number of rotatable bonds is 4. The number of aromatic nitrogens is 1. The van der Waals surface area contributed by atoms with Gasteiger partial charge in [0.2, 0.25) is 5.88 Å². The first-order chi connectivity index (χ1) is 9.11. The number of aliphatic imine (C=N–C) groups is 1. The molecule has 0 saturated heterocycles. The lowest BCUT2D eigenvalue weighted by Crippen LogP contribution is -1.93. The van der Waals surface area contributed by atoms with Crippen LogP contribution in [0.2, 0.25) is 0 Å². The first-order valence-corrected chi connectivity index (χ1v) is 6.98. The molecule has 1 heterocycles. The van der Waals surface area contributed by atoms with Crippen LogP contribution in [0.3, 0.4) is 0 Å². The molecule has 1 N–H and O–H groups in total. The largest absolute Gasteiger partial charge is 0.493 e. The minimum Gasteiger partial charge on any atom is -0.493 e. The van der Waals surface area contributed by atoms with E-state index in [0.29, 0.717) is 15.4 Å². The Morgan fingerprint density at radius 2 is 2.32 bits per heavy atom. The van der Waals surface area contributed by atoms with Crippen LogP contribution in [0.1, 0.15) is 10.4 Å². The summed E-state index contributed by atoms with van der Waals surface area (Å²) in [6.07, 6.45) is 3.34. The summed E-state index contributed by atoms with van der Waals surface area (Å²) in [7, 11) is 0. The molecule has 0 aliphatic heterocycles. The van der Waals surface area contributed by atoms with E-state index < -0.39 is 0 Å². The molecule has 0 spiro atoms. The zero-order valence-corrected chi connectivity index (χ0v) is 12.2. The van der Waals surface area contributed by atoms with Gasteiger partial charge in [0, 0.05) is 6.54 Å². The molecule has 5 heteroatoms. The van der Waals surface area contributed by atoms with Crippen LogP contribution in [0.25, 0.3) is 0 Å². The van der Waals surface area contributed by atoms with Gasteiger partial charge in [-0.05, 0) is 36.8 Å². The van der Waals surface area contributed by atoms with Crippen LogP contribution < -0.4 is 0 Å². The Labute approximate surface area is 121 Å². The molecule has 98 valence electrons. The Kier molecular flexibility index (Phi) is 4.29. The monoisotopic (exact) mass is 290 g/mol. The minimum atomic E-state index is 0.145. The highest BCUT2D eigenvalue weighted by atomic mass is 32.1. The zero-order chi connectivity index (χ0) is 13.8. The minimum absolute atomic E-state index is 0.145. The summed E-state index contributed by atoms with van der Waals surface area (Å²) in [5.74, 6) is 0.145. The Morgan fingerprint density at radius 3 is 3.00 bits per heavy atom. The van der Waals surface area contributed by atoms with E-state index in [1.165, 1.54) is 11.3 Å². The highest BCUT2D eigenvalue weighted by Crippen LogP contribution is 2.25. The molecule has 0 atom stereocenters. The number of aryl methyl sites for hydroxylation is 1. The fourth-order valence-corrected chi connectivity index (χ4v) is 2.83. The van der Waals surface area contributed by atoms with Crippen molar-refractivity contribution in [2.24, 2.45) is 4.99 Å². The number of allylic oxidation sites excluding steroid dienone is 1. The van der Waals surface area contributed by atoms with Crippen molar-refractivity contribution in [3.63, 3.8) is 0 Å². The first kappa shape index (κ1) is 13.7. The van der Waals surface area contributed by atoms with Crippen molar-refractivity contribution >= 4 is 35.5 Å². The van der Waals surface area contributed by atoms with Crippen LogP contribution in [-0.4, -0.2) is 15.9 Å². The van der Waals surface area contributed by atoms with Gasteiger partial charge in [0.1, 0.15) is 4.88 Å². The van der Waals surface area contributed by atoms with Crippen molar-refractivity contribution in [2.75, 3.05) is 0 Å². The Hall–Kier alpha value is -1.72. The van der Waals surface area contributed by atoms with Gasteiger partial charge in [0.15, 0.2) is 3.95 Å². The van der Waals surface area contributed by atoms with Gasteiger partial charge in [-0.25, -0.2) is 0 Å². The van der Waals surface area contributed by atoms with Crippen LogP contribution in [0, 0.1) is 10.9 Å². The van der Waals surface area contributed by atoms with Gasteiger partial charge in [0.05, 0.1) is 11.9 Å². The second-order valence-electron chi connectivity index (χ2n) is 4.05. The molecule has 2 aromatic rings. The van der Waals surface area contributed by atoms with E-state index in [9.17, 15) is 5.11 Å². The number of aromatic hydroxyl groups is 1. The third-order valence-electron chi connectivity index (χ3n) is 2.54. The number of nitrogens with zero attached hydrogens (tertiary/aromatic N) is 2. The first-order valence-electron chi connectivity index (χ1n) is 5.76. The predicted molar refractivity (Wildman–Crippen MR) is 83.4 cm³/mol. The fourth-order valence-electron chi connectivity index (χ4n) is 1.63. The Bertz CT molecular complexity index is 683. The lowest BCUT2D eigenvalue weighted by molar-refractivity contribution is 0.424. The van der Waals surface area contributed by atoms with Crippen LogP contribution in [0.5, 0.6) is 5.88 Å². The molecule has 1 aromatic heterocycles. The number of hydrogen-bond acceptors (Lipinski definition) is 4. The molecule has 2 rings (SSSR count). The molecule has 0 aliphatic carbocycles. The molecule has 3 nitrogen and oxygen atoms in total. The lowest BCUT2D eigenvalue weighted by atomic mass is 10.2. The number of thiazole rings is 1. The number of benzene rings is 1. The molecule has 0 unspecified atom stereocenters. The topological polar surface area (TPSA) is 37.5 Å². The quantitative estimate of drug-likeness (QED) is 0.520. The van der Waals surface area contributed by atoms with Crippen molar-refractivity contribution in [2.45, 2.75) is 13.5 Å². The van der Waals surface area contributed by atoms with Gasteiger partial charge >= 0.3 is 0 Å². The Balaban J connectivity index is 2.31. The molecule has 19 heavy (non-hydrogen) atoms. The molecule has 0 radical (unpaired) electrons. The summed E-state index contributed by atoms with van der Waals surface area (Å²) < 4.78 is 2.24. The standard InChI is InChI=1S/C14H14N2OS2/c1-3-7-16-13(17)12(19-14(16)18)9-15-11-6-4-5-10(2)8-11/h3-6,8-9,17H,1,7H2,2H3. The van der Waals surface area contributed by atoms with Crippen molar-refractivity contribution < 1.29 is 5.11 Å². The summed E-state index contributed by atoms with van der Waals surface area (Å²) in [5.41, 5.74) is 2.00. The summed E-state index contributed by atoms with van der Waals surface area (Å²) in [6, 6.07) is 7.86. The number of hydrogen-bond donors (Lipinski definition) is 1. The normalized spacial score (nSPS) is 11.0. The van der Waals surface area contributed by atoms with Crippen molar-refractivity contribution in [3.8, 4) is 5.88 Å². The SMILES string of the molecule is C=CCn1c(O)c(C=Nc2cccc(C)c2)sc1=S. The summed E-state index contributed by atoms with van der Waals surface area (Å²) >= 11 is 6.52. The maximum atomic E-state index is 10.0. The van der Waals surface area contributed by atoms with Crippen molar-refractivity contribution in [1.82, 2.24) is 4.57 Å². The van der Waals surface area contributed by atoms with Gasteiger partial charge in [0.25, 0.3) is 0 Å². The highest BCUT2D eigenvalue weighted by Gasteiger charge is 2.08. The third-order valence-corrected chi connectivity index (χ3v) is 3.91. The van der Waals surface area contributed by atoms with Gasteiger partial charge in [-0.1, -0.05) is 29.5 Å². The molecule has 1 aromatic carbocycles. The molecule has 0 saturated carbocycles. The van der Waals surface area contributed by atoms with Crippen LogP contribution in [0.4, 0.5) is 5.69 Å². The highest BCUT2D eigenvalue weighted by molar-refractivity contribution is 7.73. The van der Waals surface area contributed by atoms with Gasteiger partial charge in [-0.15, -0.1) is 6.58 Å². The molecular formula is C14H14N2OS2. The maximum absolute atomic E-state index is 10.0. The van der Waals surface area contributed by atoms with Crippen LogP contribution in [-0.2, 0) is 6.54 Å². The van der Waals surface area contributed by atoms with Crippen molar-refractivity contribution in [1.29, 1.82) is 0 Å². The van der Waals surface area contributed by atoms with Crippen LogP contribution in [0.15, 0.2) is 41.9 Å². The van der Waals surface area contributed by atoms with Gasteiger partial charge in [-0.3, -0.25) is 9.56 Å². The lowest BCUT2D eigenvalue weighted by Gasteiger charge is -1.99. The average Bonchev–Trinajstić information content (AvgIpc) is 2.65. The van der Waals surface area contributed by atoms with E-state index in [4.69, 9.17) is 12.2 Å². The van der Waals surface area contributed by atoms with E-state index in [1.807, 2.05) is 31.2 Å². The second kappa shape index (κ2) is 5.95. The molecular weight excluding hydrogens is 276 g/mol. The predicted octanol–water partition coefficient (Wildman–Crippen LogP) is 4.23. The molecule has 0 bridgehead atoms. The fraction of sp³-hybridized carbons (Fsp3) is 0.143. The second-order valence-corrected chi connectivity index (χ2v) is 5.73. The average molecular weight is 290 g/mol. The molecule has 0 fully saturated rings. The molecule has 0 aliphatic rings. The maximum Gasteiger partial charge on any atom is 0.212 e. The smallest absolute Gasteiger partial charge is 0.212 e. The van der Waals surface area contributed by atoms with E-state index in [2.05, 4.69) is 11.6 Å². The summed E-state index contributed by atoms with van der Waals surface area (Å²) in [5, 5.41) is 10.0. The van der Waals surface area contributed by atoms with E-state index >= 15 is 0 Å². The summed E-state index contributed by atoms with van der Waals surface area (Å²) in [4.78, 5) is 5.01.